The topological polar surface area (TPSA) is 79.4 Å². The molecule has 2 atom stereocenters. The van der Waals surface area contributed by atoms with Gasteiger partial charge in [-0.3, -0.25) is 4.79 Å². The third-order valence-electron chi connectivity index (χ3n) is 4.12. The number of hydrogen-bond donors (Lipinski definition) is 1. The van der Waals surface area contributed by atoms with Crippen LogP contribution < -0.4 is 5.32 Å². The number of hydrogen-bond acceptors (Lipinski definition) is 4. The summed E-state index contributed by atoms with van der Waals surface area (Å²) < 4.78 is 26.4. The van der Waals surface area contributed by atoms with Gasteiger partial charge in [-0.05, 0) is 23.8 Å². The van der Waals surface area contributed by atoms with Gasteiger partial charge in [0.2, 0.25) is 15.9 Å². The van der Waals surface area contributed by atoms with E-state index < -0.39 is 22.0 Å². The van der Waals surface area contributed by atoms with Gasteiger partial charge in [0.15, 0.2) is 0 Å². The standard InChI is InChI=1S/C16H17N3O3S/c1-11-12-7-3-4-8-13(12)23(21,22)19(2)15(11)16(20)18-14-9-5-6-10-17-14/h3-11,15H,1-2H3,(H,17,18,20). The summed E-state index contributed by atoms with van der Waals surface area (Å²) in [6.07, 6.45) is 1.57. The zero-order valence-electron chi connectivity index (χ0n) is 12.8. The van der Waals surface area contributed by atoms with Crippen molar-refractivity contribution in [1.29, 1.82) is 0 Å². The predicted molar refractivity (Wildman–Crippen MR) is 86.5 cm³/mol. The average Bonchev–Trinajstić information content (AvgIpc) is 2.54. The molecule has 120 valence electrons. The van der Waals surface area contributed by atoms with Gasteiger partial charge in [-0.1, -0.05) is 31.2 Å². The summed E-state index contributed by atoms with van der Waals surface area (Å²) in [6, 6.07) is 11.1. The van der Waals surface area contributed by atoms with Gasteiger partial charge >= 0.3 is 0 Å². The van der Waals surface area contributed by atoms with Gasteiger partial charge in [-0.15, -0.1) is 0 Å². The highest BCUT2D eigenvalue weighted by Gasteiger charge is 2.43. The molecular weight excluding hydrogens is 314 g/mol. The van der Waals surface area contributed by atoms with Gasteiger partial charge in [-0.25, -0.2) is 13.4 Å². The summed E-state index contributed by atoms with van der Waals surface area (Å²) in [6.45, 7) is 1.85. The highest BCUT2D eigenvalue weighted by Crippen LogP contribution is 2.37. The van der Waals surface area contributed by atoms with Crippen LogP contribution >= 0.6 is 0 Å². The van der Waals surface area contributed by atoms with Crippen molar-refractivity contribution in [2.45, 2.75) is 23.8 Å². The van der Waals surface area contributed by atoms with Crippen molar-refractivity contribution in [1.82, 2.24) is 9.29 Å². The largest absolute Gasteiger partial charge is 0.309 e. The monoisotopic (exact) mass is 331 g/mol. The fraction of sp³-hybridized carbons (Fsp3) is 0.250. The molecule has 1 N–H and O–H groups in total. The summed E-state index contributed by atoms with van der Waals surface area (Å²) in [5, 5.41) is 2.68. The number of aromatic nitrogens is 1. The minimum absolute atomic E-state index is 0.261. The summed E-state index contributed by atoms with van der Waals surface area (Å²) in [5.74, 6) is -0.255. The van der Waals surface area contributed by atoms with Crippen LogP contribution in [0.25, 0.3) is 0 Å². The Morgan fingerprint density at radius 3 is 2.57 bits per heavy atom. The fourth-order valence-corrected chi connectivity index (χ4v) is 4.60. The Morgan fingerprint density at radius 1 is 1.17 bits per heavy atom. The van der Waals surface area contributed by atoms with Crippen LogP contribution in [0, 0.1) is 0 Å². The molecule has 3 rings (SSSR count). The predicted octanol–water partition coefficient (Wildman–Crippen LogP) is 1.83. The first-order valence-electron chi connectivity index (χ1n) is 7.22. The maximum absolute atomic E-state index is 12.6. The minimum Gasteiger partial charge on any atom is -0.309 e. The van der Waals surface area contributed by atoms with E-state index in [4.69, 9.17) is 0 Å². The molecule has 0 saturated heterocycles. The van der Waals surface area contributed by atoms with Crippen LogP contribution in [0.2, 0.25) is 0 Å². The highest BCUT2D eigenvalue weighted by atomic mass is 32.2. The number of anilines is 1. The highest BCUT2D eigenvalue weighted by molar-refractivity contribution is 7.89. The summed E-state index contributed by atoms with van der Waals surface area (Å²) in [5.41, 5.74) is 0.659. The third-order valence-corrected chi connectivity index (χ3v) is 6.03. The maximum atomic E-state index is 12.6. The molecule has 0 fully saturated rings. The molecule has 0 spiro atoms. The molecule has 23 heavy (non-hydrogen) atoms. The van der Waals surface area contributed by atoms with E-state index >= 15 is 0 Å². The zero-order valence-corrected chi connectivity index (χ0v) is 13.6. The van der Waals surface area contributed by atoms with Crippen molar-refractivity contribution in [2.75, 3.05) is 12.4 Å². The number of sulfonamides is 1. The van der Waals surface area contributed by atoms with Crippen LogP contribution in [0.5, 0.6) is 0 Å². The summed E-state index contributed by atoms with van der Waals surface area (Å²) >= 11 is 0. The smallest absolute Gasteiger partial charge is 0.244 e. The molecule has 1 aromatic carbocycles. The van der Waals surface area contributed by atoms with E-state index in [-0.39, 0.29) is 10.8 Å². The second-order valence-corrected chi connectivity index (χ2v) is 7.46. The maximum Gasteiger partial charge on any atom is 0.244 e. The molecule has 2 unspecified atom stereocenters. The van der Waals surface area contributed by atoms with Crippen LogP contribution in [0.3, 0.4) is 0 Å². The number of nitrogens with zero attached hydrogens (tertiary/aromatic N) is 2. The molecule has 0 radical (unpaired) electrons. The number of benzene rings is 1. The molecule has 2 aromatic rings. The second kappa shape index (κ2) is 5.75. The number of rotatable bonds is 2. The second-order valence-electron chi connectivity index (χ2n) is 5.50. The Bertz CT molecular complexity index is 837. The summed E-state index contributed by atoms with van der Waals surface area (Å²) in [7, 11) is -2.25. The molecule has 6 nitrogen and oxygen atoms in total. The molecule has 1 aromatic heterocycles. The quantitative estimate of drug-likeness (QED) is 0.910. The Hall–Kier alpha value is -2.25. The van der Waals surface area contributed by atoms with Gasteiger partial charge in [0.25, 0.3) is 0 Å². The molecular formula is C16H17N3O3S. The lowest BCUT2D eigenvalue weighted by Gasteiger charge is -2.36. The fourth-order valence-electron chi connectivity index (χ4n) is 2.91. The molecule has 0 saturated carbocycles. The number of carbonyl (C=O) groups is 1. The number of carbonyl (C=O) groups excluding carboxylic acids is 1. The van der Waals surface area contributed by atoms with E-state index in [0.717, 1.165) is 4.31 Å². The van der Waals surface area contributed by atoms with Gasteiger partial charge < -0.3 is 5.32 Å². The van der Waals surface area contributed by atoms with E-state index in [1.807, 2.05) is 6.92 Å². The number of nitrogens with one attached hydrogen (secondary N) is 1. The Labute approximate surface area is 135 Å². The van der Waals surface area contributed by atoms with Crippen molar-refractivity contribution in [3.63, 3.8) is 0 Å². The van der Waals surface area contributed by atoms with Crippen LogP contribution in [-0.4, -0.2) is 36.7 Å². The average molecular weight is 331 g/mol. The lowest BCUT2D eigenvalue weighted by atomic mass is 9.92. The van der Waals surface area contributed by atoms with Gasteiger partial charge in [0.05, 0.1) is 4.90 Å². The first-order valence-corrected chi connectivity index (χ1v) is 8.66. The zero-order chi connectivity index (χ0) is 16.6. The molecule has 0 aliphatic carbocycles. The molecule has 7 heteroatoms. The van der Waals surface area contributed by atoms with Crippen molar-refractivity contribution in [2.24, 2.45) is 0 Å². The van der Waals surface area contributed by atoms with Crippen molar-refractivity contribution in [3.05, 3.63) is 54.2 Å². The first-order chi connectivity index (χ1) is 10.9. The van der Waals surface area contributed by atoms with Crippen LogP contribution in [0.15, 0.2) is 53.6 Å². The van der Waals surface area contributed by atoms with E-state index in [1.165, 1.54) is 7.05 Å². The number of pyridine rings is 1. The first kappa shape index (κ1) is 15.6. The molecule has 1 amide bonds. The van der Waals surface area contributed by atoms with Crippen molar-refractivity contribution < 1.29 is 13.2 Å². The lowest BCUT2D eigenvalue weighted by Crippen LogP contribution is -2.51. The van der Waals surface area contributed by atoms with Gasteiger partial charge in [0, 0.05) is 19.2 Å². The van der Waals surface area contributed by atoms with Crippen molar-refractivity contribution >= 4 is 21.7 Å². The molecule has 1 aliphatic rings. The Morgan fingerprint density at radius 2 is 1.87 bits per heavy atom. The lowest BCUT2D eigenvalue weighted by molar-refractivity contribution is -0.120. The molecule has 0 bridgehead atoms. The SMILES string of the molecule is CC1c2ccccc2S(=O)(=O)N(C)C1C(=O)Nc1ccccn1. The minimum atomic E-state index is -3.69. The van der Waals surface area contributed by atoms with E-state index in [2.05, 4.69) is 10.3 Å². The number of fused-ring (bicyclic) bond motifs is 1. The van der Waals surface area contributed by atoms with E-state index in [0.29, 0.717) is 11.4 Å². The third kappa shape index (κ3) is 2.62. The van der Waals surface area contributed by atoms with Gasteiger partial charge in [0.1, 0.15) is 11.9 Å². The Kier molecular flexibility index (Phi) is 3.91. The summed E-state index contributed by atoms with van der Waals surface area (Å²) in [4.78, 5) is 16.9. The number of amides is 1. The molecule has 2 heterocycles. The number of likely N-dealkylation sites (N-methyl/N-ethyl adjacent to an activating group) is 1. The molecule has 1 aliphatic heterocycles. The van der Waals surface area contributed by atoms with Crippen molar-refractivity contribution in [3.8, 4) is 0 Å². The Balaban J connectivity index is 1.99. The normalized spacial score (nSPS) is 23.0. The van der Waals surface area contributed by atoms with E-state index in [1.54, 1.807) is 48.7 Å². The van der Waals surface area contributed by atoms with Crippen LogP contribution in [-0.2, 0) is 14.8 Å². The van der Waals surface area contributed by atoms with Crippen LogP contribution in [0.4, 0.5) is 5.82 Å². The van der Waals surface area contributed by atoms with Crippen LogP contribution in [0.1, 0.15) is 18.4 Å². The van der Waals surface area contributed by atoms with E-state index in [9.17, 15) is 13.2 Å². The van der Waals surface area contributed by atoms with Gasteiger partial charge in [-0.2, -0.15) is 4.31 Å².